The van der Waals surface area contributed by atoms with Gasteiger partial charge in [-0.3, -0.25) is 14.6 Å². The second-order valence-corrected chi connectivity index (χ2v) is 7.88. The van der Waals surface area contributed by atoms with Gasteiger partial charge in [0, 0.05) is 37.3 Å². The summed E-state index contributed by atoms with van der Waals surface area (Å²) in [5.41, 5.74) is 2.86. The van der Waals surface area contributed by atoms with Crippen molar-refractivity contribution in [3.8, 4) is 0 Å². The largest absolute Gasteiger partial charge is 0.343 e. The molecule has 0 aliphatic heterocycles. The van der Waals surface area contributed by atoms with Crippen LogP contribution in [0.5, 0.6) is 0 Å². The molecule has 5 nitrogen and oxygen atoms in total. The number of nitrogens with zero attached hydrogens (tertiary/aromatic N) is 2. The predicted molar refractivity (Wildman–Crippen MR) is 122 cm³/mol. The summed E-state index contributed by atoms with van der Waals surface area (Å²) in [6.07, 6.45) is 3.96. The first-order valence-electron chi connectivity index (χ1n) is 9.76. The zero-order chi connectivity index (χ0) is 21.2. The van der Waals surface area contributed by atoms with Crippen LogP contribution in [0, 0.1) is 0 Å². The van der Waals surface area contributed by atoms with E-state index in [4.69, 9.17) is 0 Å². The zero-order valence-corrected chi connectivity index (χ0v) is 17.7. The average Bonchev–Trinajstić information content (AvgIpc) is 2.79. The summed E-state index contributed by atoms with van der Waals surface area (Å²) in [5, 5.41) is 2.94. The molecule has 2 aromatic carbocycles. The lowest BCUT2D eigenvalue weighted by atomic mass is 10.0. The third-order valence-electron chi connectivity index (χ3n) is 4.61. The minimum atomic E-state index is -0.635. The number of aromatic nitrogens is 1. The van der Waals surface area contributed by atoms with Crippen LogP contribution in [0.3, 0.4) is 0 Å². The SMILES string of the molecule is CN(C(=O)[C@H](Cc1ccccc1)NC(=O)CSCc1cccnc1)c1ccccc1. The van der Waals surface area contributed by atoms with Crippen molar-refractivity contribution in [1.82, 2.24) is 10.3 Å². The van der Waals surface area contributed by atoms with E-state index in [2.05, 4.69) is 10.3 Å². The summed E-state index contributed by atoms with van der Waals surface area (Å²) in [4.78, 5) is 31.4. The third kappa shape index (κ3) is 6.46. The van der Waals surface area contributed by atoms with Crippen LogP contribution in [-0.2, 0) is 21.8 Å². The highest BCUT2D eigenvalue weighted by molar-refractivity contribution is 7.99. The molecule has 0 bridgehead atoms. The van der Waals surface area contributed by atoms with Crippen LogP contribution >= 0.6 is 11.8 Å². The molecule has 2 amide bonds. The van der Waals surface area contributed by atoms with Crippen molar-refractivity contribution >= 4 is 29.3 Å². The van der Waals surface area contributed by atoms with Gasteiger partial charge in [0.05, 0.1) is 5.75 Å². The first kappa shape index (κ1) is 21.6. The van der Waals surface area contributed by atoms with E-state index in [0.717, 1.165) is 16.8 Å². The second-order valence-electron chi connectivity index (χ2n) is 6.90. The van der Waals surface area contributed by atoms with Crippen LogP contribution in [0.15, 0.2) is 85.2 Å². The van der Waals surface area contributed by atoms with Crippen LogP contribution in [0.25, 0.3) is 0 Å². The van der Waals surface area contributed by atoms with Crippen LogP contribution in [0.4, 0.5) is 5.69 Å². The first-order chi connectivity index (χ1) is 14.6. The van der Waals surface area contributed by atoms with Gasteiger partial charge in [-0.05, 0) is 29.3 Å². The average molecular weight is 420 g/mol. The summed E-state index contributed by atoms with van der Waals surface area (Å²) < 4.78 is 0. The number of carbonyl (C=O) groups is 2. The summed E-state index contributed by atoms with van der Waals surface area (Å²) in [5.74, 6) is 0.681. The zero-order valence-electron chi connectivity index (χ0n) is 16.9. The van der Waals surface area contributed by atoms with Crippen LogP contribution < -0.4 is 10.2 Å². The number of pyridine rings is 1. The lowest BCUT2D eigenvalue weighted by Crippen LogP contribution is -2.49. The Balaban J connectivity index is 1.64. The molecule has 3 aromatic rings. The van der Waals surface area contributed by atoms with Gasteiger partial charge >= 0.3 is 0 Å². The molecule has 1 atom stereocenters. The first-order valence-corrected chi connectivity index (χ1v) is 10.9. The number of likely N-dealkylation sites (N-methyl/N-ethyl adjacent to an activating group) is 1. The highest BCUT2D eigenvalue weighted by atomic mass is 32.2. The van der Waals surface area contributed by atoms with Gasteiger partial charge in [-0.1, -0.05) is 54.6 Å². The topological polar surface area (TPSA) is 62.3 Å². The Hall–Kier alpha value is -3.12. The van der Waals surface area contributed by atoms with Gasteiger partial charge in [0.25, 0.3) is 0 Å². The Kier molecular flexibility index (Phi) is 8.03. The maximum atomic E-state index is 13.2. The van der Waals surface area contributed by atoms with Crippen molar-refractivity contribution in [3.05, 3.63) is 96.3 Å². The summed E-state index contributed by atoms with van der Waals surface area (Å²) in [6, 6.07) is 22.4. The Morgan fingerprint density at radius 1 is 0.967 bits per heavy atom. The molecule has 0 unspecified atom stereocenters. The number of carbonyl (C=O) groups excluding carboxylic acids is 2. The van der Waals surface area contributed by atoms with E-state index in [1.54, 1.807) is 24.3 Å². The molecule has 0 aliphatic carbocycles. The van der Waals surface area contributed by atoms with Crippen LogP contribution in [0.2, 0.25) is 0 Å². The Morgan fingerprint density at radius 2 is 1.63 bits per heavy atom. The molecule has 0 radical (unpaired) electrons. The predicted octanol–water partition coefficient (Wildman–Crippen LogP) is 3.71. The van der Waals surface area contributed by atoms with Gasteiger partial charge in [0.1, 0.15) is 6.04 Å². The molecule has 1 N–H and O–H groups in total. The molecule has 3 rings (SSSR count). The maximum Gasteiger partial charge on any atom is 0.249 e. The molecule has 1 heterocycles. The number of hydrogen-bond acceptors (Lipinski definition) is 4. The number of para-hydroxylation sites is 1. The van der Waals surface area contributed by atoms with E-state index in [9.17, 15) is 9.59 Å². The van der Waals surface area contributed by atoms with Gasteiger partial charge in [0.15, 0.2) is 0 Å². The summed E-state index contributed by atoms with van der Waals surface area (Å²) in [6.45, 7) is 0. The standard InChI is InChI=1S/C24H25N3O2S/c1-27(21-12-6-3-7-13-21)24(29)22(15-19-9-4-2-5-10-19)26-23(28)18-30-17-20-11-8-14-25-16-20/h2-14,16,22H,15,17-18H2,1H3,(H,26,28)/t22-/m0/s1. The van der Waals surface area contributed by atoms with Gasteiger partial charge in [-0.25, -0.2) is 0 Å². The highest BCUT2D eigenvalue weighted by Gasteiger charge is 2.25. The summed E-state index contributed by atoms with van der Waals surface area (Å²) >= 11 is 1.50. The Labute approximate surface area is 181 Å². The monoisotopic (exact) mass is 419 g/mol. The molecule has 0 spiro atoms. The van der Waals surface area contributed by atoms with Crippen LogP contribution in [0.1, 0.15) is 11.1 Å². The van der Waals surface area contributed by atoms with Crippen molar-refractivity contribution in [3.63, 3.8) is 0 Å². The molecule has 1 aromatic heterocycles. The van der Waals surface area contributed by atoms with Crippen molar-refractivity contribution in [1.29, 1.82) is 0 Å². The van der Waals surface area contributed by atoms with Gasteiger partial charge < -0.3 is 10.2 Å². The van der Waals surface area contributed by atoms with E-state index < -0.39 is 6.04 Å². The molecular formula is C24H25N3O2S. The van der Waals surface area contributed by atoms with Gasteiger partial charge in [0.2, 0.25) is 11.8 Å². The number of amides is 2. The van der Waals surface area contributed by atoms with Crippen molar-refractivity contribution in [2.45, 2.75) is 18.2 Å². The molecular weight excluding hydrogens is 394 g/mol. The number of nitrogens with one attached hydrogen (secondary N) is 1. The number of rotatable bonds is 9. The van der Waals surface area contributed by atoms with Gasteiger partial charge in [-0.2, -0.15) is 0 Å². The number of benzene rings is 2. The van der Waals surface area contributed by atoms with Crippen molar-refractivity contribution in [2.24, 2.45) is 0 Å². The molecule has 0 saturated carbocycles. The smallest absolute Gasteiger partial charge is 0.249 e. The maximum absolute atomic E-state index is 13.2. The fourth-order valence-corrected chi connectivity index (χ4v) is 3.82. The van der Waals surface area contributed by atoms with Gasteiger partial charge in [-0.15, -0.1) is 11.8 Å². The second kappa shape index (κ2) is 11.2. The lowest BCUT2D eigenvalue weighted by molar-refractivity contribution is -0.126. The Bertz CT molecular complexity index is 936. The van der Waals surface area contributed by atoms with E-state index in [1.165, 1.54) is 11.8 Å². The van der Waals surface area contributed by atoms with E-state index in [0.29, 0.717) is 12.2 Å². The quantitative estimate of drug-likeness (QED) is 0.574. The van der Waals surface area contributed by atoms with E-state index in [1.807, 2.05) is 72.8 Å². The third-order valence-corrected chi connectivity index (χ3v) is 5.62. The molecule has 30 heavy (non-hydrogen) atoms. The lowest BCUT2D eigenvalue weighted by Gasteiger charge is -2.25. The van der Waals surface area contributed by atoms with E-state index in [-0.39, 0.29) is 17.6 Å². The minimum Gasteiger partial charge on any atom is -0.343 e. The highest BCUT2D eigenvalue weighted by Crippen LogP contribution is 2.15. The number of thioether (sulfide) groups is 1. The number of anilines is 1. The normalized spacial score (nSPS) is 11.5. The van der Waals surface area contributed by atoms with Crippen molar-refractivity contribution in [2.75, 3.05) is 17.7 Å². The number of hydrogen-bond donors (Lipinski definition) is 1. The molecule has 0 fully saturated rings. The fourth-order valence-electron chi connectivity index (χ4n) is 3.04. The Morgan fingerprint density at radius 3 is 2.30 bits per heavy atom. The molecule has 0 aliphatic rings. The minimum absolute atomic E-state index is 0.143. The molecule has 0 saturated heterocycles. The summed E-state index contributed by atoms with van der Waals surface area (Å²) in [7, 11) is 1.74. The molecule has 6 heteroatoms. The van der Waals surface area contributed by atoms with Crippen molar-refractivity contribution < 1.29 is 9.59 Å². The van der Waals surface area contributed by atoms with Crippen LogP contribution in [-0.4, -0.2) is 35.6 Å². The fraction of sp³-hybridized carbons (Fsp3) is 0.208. The molecule has 154 valence electrons. The van der Waals surface area contributed by atoms with E-state index >= 15 is 0 Å².